The van der Waals surface area contributed by atoms with E-state index in [1.807, 2.05) is 18.2 Å². The second-order valence-electron chi connectivity index (χ2n) is 6.18. The molecule has 0 aliphatic carbocycles. The second kappa shape index (κ2) is 7.38. The summed E-state index contributed by atoms with van der Waals surface area (Å²) in [5.41, 5.74) is 2.52. The largest absolute Gasteiger partial charge is 0.321 e. The van der Waals surface area contributed by atoms with Crippen LogP contribution in [0.3, 0.4) is 0 Å². The van der Waals surface area contributed by atoms with Gasteiger partial charge in [-0.15, -0.1) is 0 Å². The number of carbonyl (C=O) groups excluding carboxylic acids is 1. The lowest BCUT2D eigenvalue weighted by atomic mass is 10.0. The van der Waals surface area contributed by atoms with Crippen LogP contribution >= 0.6 is 0 Å². The van der Waals surface area contributed by atoms with Crippen molar-refractivity contribution in [1.29, 1.82) is 0 Å². The molecule has 23 heavy (non-hydrogen) atoms. The third-order valence-corrected chi connectivity index (χ3v) is 4.44. The van der Waals surface area contributed by atoms with Gasteiger partial charge in [-0.2, -0.15) is 0 Å². The van der Waals surface area contributed by atoms with Crippen molar-refractivity contribution in [2.75, 3.05) is 11.9 Å². The van der Waals surface area contributed by atoms with E-state index in [1.165, 1.54) is 31.4 Å². The Bertz CT molecular complexity index is 639. The average Bonchev–Trinajstić information content (AvgIpc) is 2.59. The summed E-state index contributed by atoms with van der Waals surface area (Å²) < 4.78 is 0. The number of benzene rings is 1. The lowest BCUT2D eigenvalue weighted by Gasteiger charge is -2.33. The molecule has 0 radical (unpaired) electrons. The zero-order valence-electron chi connectivity index (χ0n) is 13.5. The fraction of sp³-hybridized carbons (Fsp3) is 0.368. The zero-order chi connectivity index (χ0) is 16.1. The van der Waals surface area contributed by atoms with E-state index in [1.54, 1.807) is 18.3 Å². The summed E-state index contributed by atoms with van der Waals surface area (Å²) in [5, 5.41) is 2.88. The summed E-state index contributed by atoms with van der Waals surface area (Å²) in [4.78, 5) is 18.7. The van der Waals surface area contributed by atoms with Crippen LogP contribution in [0, 0.1) is 0 Å². The summed E-state index contributed by atoms with van der Waals surface area (Å²) in [5.74, 6) is -0.178. The maximum Gasteiger partial charge on any atom is 0.274 e. The molecule has 1 aliphatic rings. The number of amides is 1. The molecule has 2 heterocycles. The molecule has 4 nitrogen and oxygen atoms in total. The Morgan fingerprint density at radius 1 is 1.22 bits per heavy atom. The van der Waals surface area contributed by atoms with Crippen LogP contribution in [0.1, 0.15) is 42.2 Å². The molecule has 0 unspecified atom stereocenters. The summed E-state index contributed by atoms with van der Waals surface area (Å²) in [7, 11) is 0. The fourth-order valence-corrected chi connectivity index (χ4v) is 3.01. The zero-order valence-corrected chi connectivity index (χ0v) is 13.5. The number of piperidine rings is 1. The van der Waals surface area contributed by atoms with Crippen molar-refractivity contribution in [3.63, 3.8) is 0 Å². The molecule has 1 aromatic heterocycles. The van der Waals surface area contributed by atoms with Crippen molar-refractivity contribution in [1.82, 2.24) is 9.88 Å². The lowest BCUT2D eigenvalue weighted by molar-refractivity contribution is 0.102. The Hall–Kier alpha value is -2.20. The van der Waals surface area contributed by atoms with Crippen LogP contribution in [0.4, 0.5) is 5.69 Å². The van der Waals surface area contributed by atoms with Gasteiger partial charge < -0.3 is 5.32 Å². The number of nitrogens with one attached hydrogen (secondary N) is 1. The van der Waals surface area contributed by atoms with Gasteiger partial charge in [0.15, 0.2) is 0 Å². The Labute approximate surface area is 137 Å². The van der Waals surface area contributed by atoms with Gasteiger partial charge in [0.25, 0.3) is 5.91 Å². The molecular weight excluding hydrogens is 286 g/mol. The standard InChI is InChI=1S/C19H23N3O/c1-15-6-3-5-13-22(15)14-16-8-10-17(11-9-16)21-19(23)18-7-2-4-12-20-18/h2,4,7-12,15H,3,5-6,13-14H2,1H3,(H,21,23)/t15-/m0/s1. The van der Waals surface area contributed by atoms with E-state index in [4.69, 9.17) is 0 Å². The van der Waals surface area contributed by atoms with Gasteiger partial charge in [0.1, 0.15) is 5.69 Å². The monoisotopic (exact) mass is 309 g/mol. The van der Waals surface area contributed by atoms with E-state index in [-0.39, 0.29) is 5.91 Å². The molecule has 1 amide bonds. The number of rotatable bonds is 4. The van der Waals surface area contributed by atoms with E-state index in [9.17, 15) is 4.79 Å². The highest BCUT2D eigenvalue weighted by Gasteiger charge is 2.18. The number of hydrogen-bond donors (Lipinski definition) is 1. The Kier molecular flexibility index (Phi) is 5.03. The third kappa shape index (κ3) is 4.17. The van der Waals surface area contributed by atoms with Gasteiger partial charge in [-0.1, -0.05) is 24.6 Å². The van der Waals surface area contributed by atoms with E-state index < -0.39 is 0 Å². The molecule has 0 spiro atoms. The van der Waals surface area contributed by atoms with Crippen molar-refractivity contribution >= 4 is 11.6 Å². The molecule has 0 bridgehead atoms. The molecule has 1 fully saturated rings. The summed E-state index contributed by atoms with van der Waals surface area (Å²) in [6.45, 7) is 4.47. The van der Waals surface area contributed by atoms with E-state index in [0.29, 0.717) is 11.7 Å². The molecule has 0 saturated carbocycles. The normalized spacial score (nSPS) is 18.6. The predicted molar refractivity (Wildman–Crippen MR) is 92.4 cm³/mol. The molecule has 2 aromatic rings. The van der Waals surface area contributed by atoms with Crippen LogP contribution in [0.25, 0.3) is 0 Å². The van der Waals surface area contributed by atoms with E-state index in [2.05, 4.69) is 34.3 Å². The van der Waals surface area contributed by atoms with E-state index >= 15 is 0 Å². The molecule has 120 valence electrons. The van der Waals surface area contributed by atoms with Crippen LogP contribution in [-0.2, 0) is 6.54 Å². The number of pyridine rings is 1. The highest BCUT2D eigenvalue weighted by molar-refractivity contribution is 6.02. The fourth-order valence-electron chi connectivity index (χ4n) is 3.01. The third-order valence-electron chi connectivity index (χ3n) is 4.44. The Morgan fingerprint density at radius 3 is 2.74 bits per heavy atom. The Balaban J connectivity index is 1.60. The van der Waals surface area contributed by atoms with Crippen molar-refractivity contribution in [2.24, 2.45) is 0 Å². The van der Waals surface area contributed by atoms with Gasteiger partial charge in [-0.3, -0.25) is 14.7 Å². The quantitative estimate of drug-likeness (QED) is 0.936. The minimum atomic E-state index is -0.178. The van der Waals surface area contributed by atoms with E-state index in [0.717, 1.165) is 12.2 Å². The minimum Gasteiger partial charge on any atom is -0.321 e. The van der Waals surface area contributed by atoms with Gasteiger partial charge >= 0.3 is 0 Å². The number of aromatic nitrogens is 1. The van der Waals surface area contributed by atoms with Crippen LogP contribution in [0.2, 0.25) is 0 Å². The maximum absolute atomic E-state index is 12.1. The second-order valence-corrected chi connectivity index (χ2v) is 6.18. The summed E-state index contributed by atoms with van der Waals surface area (Å²) in [6.07, 6.45) is 5.55. The summed E-state index contributed by atoms with van der Waals surface area (Å²) in [6, 6.07) is 14.1. The molecule has 1 aliphatic heterocycles. The van der Waals surface area contributed by atoms with Crippen molar-refractivity contribution in [3.8, 4) is 0 Å². The number of hydrogen-bond acceptors (Lipinski definition) is 3. The van der Waals surface area contributed by atoms with Gasteiger partial charge in [0, 0.05) is 24.5 Å². The first-order valence-corrected chi connectivity index (χ1v) is 8.28. The van der Waals surface area contributed by atoms with Crippen LogP contribution in [0.5, 0.6) is 0 Å². The van der Waals surface area contributed by atoms with Crippen molar-refractivity contribution < 1.29 is 4.79 Å². The van der Waals surface area contributed by atoms with Gasteiger partial charge in [-0.05, 0) is 56.1 Å². The molecule has 1 aromatic carbocycles. The van der Waals surface area contributed by atoms with Gasteiger partial charge in [0.05, 0.1) is 0 Å². The number of carbonyl (C=O) groups is 1. The minimum absolute atomic E-state index is 0.178. The predicted octanol–water partition coefficient (Wildman–Crippen LogP) is 3.71. The number of anilines is 1. The highest BCUT2D eigenvalue weighted by Crippen LogP contribution is 2.20. The first-order chi connectivity index (χ1) is 11.2. The molecule has 1 N–H and O–H groups in total. The van der Waals surface area contributed by atoms with Crippen molar-refractivity contribution in [3.05, 3.63) is 59.9 Å². The van der Waals surface area contributed by atoms with Crippen LogP contribution < -0.4 is 5.32 Å². The molecule has 1 saturated heterocycles. The highest BCUT2D eigenvalue weighted by atomic mass is 16.1. The SMILES string of the molecule is C[C@H]1CCCCN1Cc1ccc(NC(=O)c2ccccn2)cc1. The topological polar surface area (TPSA) is 45.2 Å². The first kappa shape index (κ1) is 15.7. The molecule has 1 atom stereocenters. The smallest absolute Gasteiger partial charge is 0.274 e. The van der Waals surface area contributed by atoms with Crippen LogP contribution in [-0.4, -0.2) is 28.4 Å². The Morgan fingerprint density at radius 2 is 2.04 bits per heavy atom. The molecule has 3 rings (SSSR count). The summed E-state index contributed by atoms with van der Waals surface area (Å²) >= 11 is 0. The van der Waals surface area contributed by atoms with Crippen molar-refractivity contribution in [2.45, 2.75) is 38.8 Å². The number of likely N-dealkylation sites (tertiary alicyclic amines) is 1. The molecular formula is C19H23N3O. The van der Waals surface area contributed by atoms with Crippen LogP contribution in [0.15, 0.2) is 48.7 Å². The molecule has 4 heteroatoms. The lowest BCUT2D eigenvalue weighted by Crippen LogP contribution is -2.36. The maximum atomic E-state index is 12.1. The number of nitrogens with zero attached hydrogens (tertiary/aromatic N) is 2. The van der Waals surface area contributed by atoms with Gasteiger partial charge in [-0.25, -0.2) is 0 Å². The average molecular weight is 309 g/mol. The van der Waals surface area contributed by atoms with Gasteiger partial charge in [0.2, 0.25) is 0 Å². The first-order valence-electron chi connectivity index (χ1n) is 8.28.